The molecule has 2 aliphatic rings. The van der Waals surface area contributed by atoms with Gasteiger partial charge < -0.3 is 30.3 Å². The third-order valence-corrected chi connectivity index (χ3v) is 7.52. The van der Waals surface area contributed by atoms with Crippen LogP contribution in [0, 0.1) is 6.92 Å². The Kier molecular flexibility index (Phi) is 8.52. The number of hydrogen-bond donors (Lipinski definition) is 3. The molecule has 3 N–H and O–H groups in total. The minimum Gasteiger partial charge on any atom is -0.335 e. The van der Waals surface area contributed by atoms with E-state index in [1.807, 2.05) is 0 Å². The van der Waals surface area contributed by atoms with E-state index in [1.165, 1.54) is 19.2 Å². The molecule has 3 aromatic rings. The number of aromatic nitrogens is 4. The second-order valence-corrected chi connectivity index (χ2v) is 10.8. The summed E-state index contributed by atoms with van der Waals surface area (Å²) < 4.78 is 80.4. The summed E-state index contributed by atoms with van der Waals surface area (Å²) in [5, 5.41) is 11.7. The molecule has 0 saturated carbocycles. The van der Waals surface area contributed by atoms with Gasteiger partial charge in [-0.2, -0.15) is 31.4 Å². The first kappa shape index (κ1) is 31.8. The minimum atomic E-state index is -5.06. The summed E-state index contributed by atoms with van der Waals surface area (Å²) in [6.45, 7) is 2.85. The number of amides is 4. The van der Waals surface area contributed by atoms with E-state index in [2.05, 4.69) is 26.0 Å². The number of hydrogen-bond acceptors (Lipinski definition) is 6. The molecule has 45 heavy (non-hydrogen) atoms. The van der Waals surface area contributed by atoms with Crippen molar-refractivity contribution in [1.82, 2.24) is 39.8 Å². The van der Waals surface area contributed by atoms with Crippen molar-refractivity contribution >= 4 is 23.5 Å². The quantitative estimate of drug-likeness (QED) is 0.355. The molecule has 12 nitrogen and oxygen atoms in total. The number of halogens is 6. The maximum Gasteiger partial charge on any atom is 0.435 e. The van der Waals surface area contributed by atoms with Crippen molar-refractivity contribution in [2.75, 3.05) is 44.6 Å². The van der Waals surface area contributed by atoms with Crippen molar-refractivity contribution in [2.45, 2.75) is 31.9 Å². The fraction of sp³-hybridized carbons (Fsp3) is 0.444. The number of benzene rings is 1. The maximum absolute atomic E-state index is 13.6. The van der Waals surface area contributed by atoms with Crippen LogP contribution < -0.4 is 16.0 Å². The number of carbonyl (C=O) groups excluding carboxylic acids is 3. The second-order valence-electron chi connectivity index (χ2n) is 10.8. The number of rotatable bonds is 6. The summed E-state index contributed by atoms with van der Waals surface area (Å²) in [6, 6.07) is 4.51. The number of urea groups is 1. The summed E-state index contributed by atoms with van der Waals surface area (Å²) in [5.74, 6) is -1.35. The molecule has 0 spiro atoms. The number of anilines is 1. The lowest BCUT2D eigenvalue weighted by Gasteiger charge is -2.37. The van der Waals surface area contributed by atoms with Gasteiger partial charge in [-0.05, 0) is 30.7 Å². The molecule has 2 fully saturated rings. The Hall–Kier alpha value is -4.61. The van der Waals surface area contributed by atoms with Gasteiger partial charge in [-0.1, -0.05) is 0 Å². The molecule has 0 bridgehead atoms. The molecule has 4 amide bonds. The zero-order valence-corrected chi connectivity index (χ0v) is 24.1. The van der Waals surface area contributed by atoms with Crippen LogP contribution in [-0.2, 0) is 19.8 Å². The molecule has 0 unspecified atom stereocenters. The second kappa shape index (κ2) is 12.1. The fourth-order valence-electron chi connectivity index (χ4n) is 5.06. The molecule has 0 radical (unpaired) electrons. The van der Waals surface area contributed by atoms with Crippen LogP contribution in [0.2, 0.25) is 0 Å². The van der Waals surface area contributed by atoms with Gasteiger partial charge in [-0.15, -0.1) is 0 Å². The van der Waals surface area contributed by atoms with Crippen molar-refractivity contribution in [3.63, 3.8) is 0 Å². The number of piperazine rings is 1. The lowest BCUT2D eigenvalue weighted by molar-refractivity contribution is -0.148. The maximum atomic E-state index is 13.6. The van der Waals surface area contributed by atoms with E-state index >= 15 is 0 Å². The fourth-order valence-corrected chi connectivity index (χ4v) is 5.06. The Morgan fingerprint density at radius 3 is 2.27 bits per heavy atom. The highest BCUT2D eigenvalue weighted by Gasteiger charge is 2.40. The van der Waals surface area contributed by atoms with Crippen molar-refractivity contribution in [2.24, 2.45) is 7.05 Å². The van der Waals surface area contributed by atoms with E-state index in [4.69, 9.17) is 0 Å². The van der Waals surface area contributed by atoms with Gasteiger partial charge in [0.25, 0.3) is 11.8 Å². The number of aryl methyl sites for hydroxylation is 1. The van der Waals surface area contributed by atoms with Crippen LogP contribution in [0.4, 0.5) is 36.8 Å². The molecule has 4 heterocycles. The standard InChI is InChI=1S/C27H29F6N9O3/c1-15-9-16(3-4-18(15)24(44)40-5-7-41(8-6-40)25(45)37-17-10-34-11-17)36-23(43)22-35-12-20(39(22)2)19-13-42(14-26(28,29)30)38-21(19)27(31,32)33/h3-4,9,12-13,17,34H,5-8,10-11,14H2,1-2H3,(H,36,43)(H,37,45). The molecule has 2 saturated heterocycles. The van der Waals surface area contributed by atoms with Gasteiger partial charge in [-0.3, -0.25) is 14.3 Å². The average Bonchev–Trinajstić information content (AvgIpc) is 3.52. The van der Waals surface area contributed by atoms with E-state index in [0.717, 1.165) is 23.9 Å². The van der Waals surface area contributed by atoms with Crippen LogP contribution in [0.3, 0.4) is 0 Å². The van der Waals surface area contributed by atoms with Crippen LogP contribution in [-0.4, -0.2) is 98.5 Å². The molecule has 1 aromatic carbocycles. The number of alkyl halides is 6. The van der Waals surface area contributed by atoms with Gasteiger partial charge in [0.15, 0.2) is 11.5 Å². The molecule has 18 heteroatoms. The van der Waals surface area contributed by atoms with Gasteiger partial charge in [0.2, 0.25) is 0 Å². The highest BCUT2D eigenvalue weighted by Crippen LogP contribution is 2.37. The highest BCUT2D eigenvalue weighted by atomic mass is 19.4. The van der Waals surface area contributed by atoms with Gasteiger partial charge in [-0.25, -0.2) is 9.78 Å². The SMILES string of the molecule is Cc1cc(NC(=O)c2ncc(-c3cn(CC(F)(F)F)nc3C(F)(F)F)n2C)ccc1C(=O)N1CCN(C(=O)NC2CNC2)CC1. The van der Waals surface area contributed by atoms with Crippen LogP contribution in [0.15, 0.2) is 30.6 Å². The van der Waals surface area contributed by atoms with Crippen LogP contribution in [0.1, 0.15) is 32.2 Å². The topological polar surface area (TPSA) is 129 Å². The Morgan fingerprint density at radius 1 is 1.02 bits per heavy atom. The normalized spacial score (nSPS) is 16.0. The first-order chi connectivity index (χ1) is 21.1. The van der Waals surface area contributed by atoms with E-state index < -0.39 is 36.1 Å². The van der Waals surface area contributed by atoms with Crippen molar-refractivity contribution in [1.29, 1.82) is 0 Å². The summed E-state index contributed by atoms with van der Waals surface area (Å²) in [4.78, 5) is 45.8. The molecule has 242 valence electrons. The third-order valence-electron chi connectivity index (χ3n) is 7.52. The van der Waals surface area contributed by atoms with Crippen molar-refractivity contribution < 1.29 is 40.7 Å². The van der Waals surface area contributed by atoms with Crippen LogP contribution >= 0.6 is 0 Å². The van der Waals surface area contributed by atoms with Crippen molar-refractivity contribution in [3.8, 4) is 11.3 Å². The van der Waals surface area contributed by atoms with Crippen LogP contribution in [0.5, 0.6) is 0 Å². The largest absolute Gasteiger partial charge is 0.435 e. The smallest absolute Gasteiger partial charge is 0.335 e. The first-order valence-corrected chi connectivity index (χ1v) is 13.8. The summed E-state index contributed by atoms with van der Waals surface area (Å²) >= 11 is 0. The van der Waals surface area contributed by atoms with Gasteiger partial charge in [0.1, 0.15) is 6.54 Å². The van der Waals surface area contributed by atoms with Crippen molar-refractivity contribution in [3.05, 3.63) is 53.2 Å². The summed E-state index contributed by atoms with van der Waals surface area (Å²) in [6.07, 6.45) is -8.32. The highest BCUT2D eigenvalue weighted by molar-refractivity contribution is 6.03. The monoisotopic (exact) mass is 641 g/mol. The number of nitrogens with zero attached hydrogens (tertiary/aromatic N) is 6. The summed E-state index contributed by atoms with van der Waals surface area (Å²) in [5.41, 5.74) is -1.27. The van der Waals surface area contributed by atoms with Gasteiger partial charge >= 0.3 is 18.4 Å². The average molecular weight is 642 g/mol. The van der Waals surface area contributed by atoms with Gasteiger partial charge in [0.05, 0.1) is 23.5 Å². The Labute approximate surface area is 252 Å². The molecular formula is C27H29F6N9O3. The van der Waals surface area contributed by atoms with Gasteiger partial charge in [0, 0.05) is 63.8 Å². The Bertz CT molecular complexity index is 1600. The van der Waals surface area contributed by atoms with E-state index in [9.17, 15) is 40.7 Å². The lowest BCUT2D eigenvalue weighted by atomic mass is 10.1. The molecule has 0 atom stereocenters. The van der Waals surface area contributed by atoms with E-state index in [0.29, 0.717) is 43.5 Å². The number of imidazole rings is 1. The zero-order valence-electron chi connectivity index (χ0n) is 24.1. The van der Waals surface area contributed by atoms with E-state index in [1.54, 1.807) is 22.8 Å². The molecule has 2 aliphatic heterocycles. The van der Waals surface area contributed by atoms with E-state index in [-0.39, 0.29) is 39.9 Å². The minimum absolute atomic E-state index is 0.109. The zero-order chi connectivity index (χ0) is 32.7. The predicted molar refractivity (Wildman–Crippen MR) is 147 cm³/mol. The third kappa shape index (κ3) is 7.05. The first-order valence-electron chi connectivity index (χ1n) is 13.8. The van der Waals surface area contributed by atoms with Crippen LogP contribution in [0.25, 0.3) is 11.3 Å². The summed E-state index contributed by atoms with van der Waals surface area (Å²) in [7, 11) is 1.25. The number of carbonyl (C=O) groups is 3. The lowest BCUT2D eigenvalue weighted by Crippen LogP contribution is -2.61. The molecule has 5 rings (SSSR count). The number of nitrogens with one attached hydrogen (secondary N) is 3. The molecule has 0 aliphatic carbocycles. The predicted octanol–water partition coefficient (Wildman–Crippen LogP) is 2.86. The Morgan fingerprint density at radius 2 is 1.69 bits per heavy atom. The Balaban J connectivity index is 1.25. The molecule has 2 aromatic heterocycles. The molecular weight excluding hydrogens is 612 g/mol.